The minimum absolute atomic E-state index is 0.0536. The normalized spacial score (nSPS) is 15.7. The second kappa shape index (κ2) is 6.82. The molecule has 1 atom stereocenters. The third-order valence-electron chi connectivity index (χ3n) is 4.45. The number of carbonyl (C=O) groups is 2. The van der Waals surface area contributed by atoms with Crippen molar-refractivity contribution in [3.63, 3.8) is 0 Å². The lowest BCUT2D eigenvalue weighted by molar-refractivity contribution is -0.145. The number of hydrogen-bond donors (Lipinski definition) is 1. The maximum absolute atomic E-state index is 12.7. The van der Waals surface area contributed by atoms with Gasteiger partial charge in [-0.3, -0.25) is 9.59 Å². The van der Waals surface area contributed by atoms with Gasteiger partial charge in [-0.15, -0.1) is 0 Å². The number of alkyl halides is 3. The summed E-state index contributed by atoms with van der Waals surface area (Å²) in [7, 11) is 0. The molecule has 1 unspecified atom stereocenters. The van der Waals surface area contributed by atoms with Crippen molar-refractivity contribution in [3.8, 4) is 0 Å². The fraction of sp³-hybridized carbons (Fsp3) is 0.263. The first-order valence-corrected chi connectivity index (χ1v) is 8.00. The van der Waals surface area contributed by atoms with E-state index in [-0.39, 0.29) is 12.5 Å². The molecule has 2 aromatic carbocycles. The summed E-state index contributed by atoms with van der Waals surface area (Å²) in [6, 6.07) is 11.8. The van der Waals surface area contributed by atoms with Crippen LogP contribution in [0.4, 0.5) is 13.2 Å². The summed E-state index contributed by atoms with van der Waals surface area (Å²) in [4.78, 5) is 25.0. The summed E-state index contributed by atoms with van der Waals surface area (Å²) >= 11 is 0. The van der Waals surface area contributed by atoms with Gasteiger partial charge in [-0.25, -0.2) is 0 Å². The van der Waals surface area contributed by atoms with Crippen LogP contribution in [-0.4, -0.2) is 28.4 Å². The van der Waals surface area contributed by atoms with Gasteiger partial charge in [0.25, 0.3) is 0 Å². The molecule has 0 fully saturated rings. The molecule has 136 valence electrons. The van der Waals surface area contributed by atoms with Crippen molar-refractivity contribution >= 4 is 11.9 Å². The average molecular weight is 363 g/mol. The lowest BCUT2D eigenvalue weighted by Gasteiger charge is -2.33. The molecule has 1 N–H and O–H groups in total. The molecule has 0 aliphatic heterocycles. The second-order valence-electron chi connectivity index (χ2n) is 6.24. The third kappa shape index (κ3) is 3.71. The average Bonchev–Trinajstić information content (AvgIpc) is 2.54. The maximum Gasteiger partial charge on any atom is 0.416 e. The van der Waals surface area contributed by atoms with Crippen LogP contribution in [0.25, 0.3) is 0 Å². The van der Waals surface area contributed by atoms with Gasteiger partial charge in [-0.2, -0.15) is 13.2 Å². The number of halogens is 3. The molecule has 1 amide bonds. The van der Waals surface area contributed by atoms with E-state index in [4.69, 9.17) is 5.11 Å². The Balaban J connectivity index is 1.76. The molecule has 4 nitrogen and oxygen atoms in total. The number of aliphatic carboxylic acids is 1. The first-order valence-electron chi connectivity index (χ1n) is 8.00. The van der Waals surface area contributed by atoms with Gasteiger partial charge >= 0.3 is 12.1 Å². The van der Waals surface area contributed by atoms with Crippen LogP contribution in [0.5, 0.6) is 0 Å². The number of carbonyl (C=O) groups excluding carboxylic acids is 1. The standard InChI is InChI=1S/C19H16F3NO3/c20-19(21,22)14-7-5-12(6-8-14)10-23(11-17(24)25)18(26)16-9-13-3-1-2-4-15(13)16/h1-8,16H,9-11H2,(H,24,25). The molecule has 0 aromatic heterocycles. The van der Waals surface area contributed by atoms with Gasteiger partial charge in [0.15, 0.2) is 0 Å². The van der Waals surface area contributed by atoms with Crippen LogP contribution in [0.1, 0.15) is 28.2 Å². The number of nitrogens with zero attached hydrogens (tertiary/aromatic N) is 1. The topological polar surface area (TPSA) is 57.6 Å². The van der Waals surface area contributed by atoms with Gasteiger partial charge in [0.2, 0.25) is 5.91 Å². The van der Waals surface area contributed by atoms with Crippen LogP contribution >= 0.6 is 0 Å². The molecule has 0 heterocycles. The number of benzene rings is 2. The van der Waals surface area contributed by atoms with E-state index in [2.05, 4.69) is 0 Å². The van der Waals surface area contributed by atoms with E-state index in [0.717, 1.165) is 23.3 Å². The molecular weight excluding hydrogens is 347 g/mol. The first kappa shape index (κ1) is 18.0. The molecule has 0 bridgehead atoms. The van der Waals surface area contributed by atoms with Crippen molar-refractivity contribution in [1.82, 2.24) is 4.90 Å². The van der Waals surface area contributed by atoms with Gasteiger partial charge < -0.3 is 10.0 Å². The minimum Gasteiger partial charge on any atom is -0.480 e. The number of hydrogen-bond acceptors (Lipinski definition) is 2. The summed E-state index contributed by atoms with van der Waals surface area (Å²) in [5.74, 6) is -1.90. The van der Waals surface area contributed by atoms with Crippen LogP contribution in [-0.2, 0) is 28.7 Å². The number of carboxylic acid groups (broad SMARTS) is 1. The Kier molecular flexibility index (Phi) is 4.71. The highest BCUT2D eigenvalue weighted by Gasteiger charge is 2.35. The van der Waals surface area contributed by atoms with Crippen molar-refractivity contribution < 1.29 is 27.9 Å². The highest BCUT2D eigenvalue weighted by molar-refractivity contribution is 5.89. The Morgan fingerprint density at radius 1 is 1.08 bits per heavy atom. The van der Waals surface area contributed by atoms with Gasteiger partial charge in [0.05, 0.1) is 11.5 Å². The number of carboxylic acids is 1. The molecule has 0 radical (unpaired) electrons. The van der Waals surface area contributed by atoms with E-state index in [0.29, 0.717) is 12.0 Å². The summed E-state index contributed by atoms with van der Waals surface area (Å²) in [5, 5.41) is 9.09. The van der Waals surface area contributed by atoms with E-state index < -0.39 is 30.2 Å². The molecule has 0 saturated carbocycles. The van der Waals surface area contributed by atoms with Crippen molar-refractivity contribution in [1.29, 1.82) is 0 Å². The molecule has 1 aliphatic carbocycles. The van der Waals surface area contributed by atoms with Crippen molar-refractivity contribution in [2.45, 2.75) is 25.1 Å². The molecule has 3 rings (SSSR count). The van der Waals surface area contributed by atoms with Crippen LogP contribution in [0, 0.1) is 0 Å². The summed E-state index contributed by atoms with van der Waals surface area (Å²) < 4.78 is 37.9. The zero-order chi connectivity index (χ0) is 18.9. The second-order valence-corrected chi connectivity index (χ2v) is 6.24. The number of rotatable bonds is 5. The highest BCUT2D eigenvalue weighted by atomic mass is 19.4. The number of amides is 1. The predicted molar refractivity (Wildman–Crippen MR) is 87.4 cm³/mol. The van der Waals surface area contributed by atoms with E-state index in [1.54, 1.807) is 0 Å². The van der Waals surface area contributed by atoms with Crippen LogP contribution in [0.15, 0.2) is 48.5 Å². The van der Waals surface area contributed by atoms with E-state index >= 15 is 0 Å². The monoisotopic (exact) mass is 363 g/mol. The van der Waals surface area contributed by atoms with Crippen molar-refractivity contribution in [2.75, 3.05) is 6.54 Å². The van der Waals surface area contributed by atoms with Gasteiger partial charge in [0, 0.05) is 6.54 Å². The maximum atomic E-state index is 12.7. The van der Waals surface area contributed by atoms with Crippen LogP contribution in [0.3, 0.4) is 0 Å². The minimum atomic E-state index is -4.44. The fourth-order valence-corrected chi connectivity index (χ4v) is 3.09. The first-order chi connectivity index (χ1) is 12.3. The van der Waals surface area contributed by atoms with Gasteiger partial charge in [-0.1, -0.05) is 36.4 Å². The van der Waals surface area contributed by atoms with Crippen LogP contribution < -0.4 is 0 Å². The van der Waals surface area contributed by atoms with Gasteiger partial charge in [-0.05, 0) is 35.2 Å². The molecule has 7 heteroatoms. The highest BCUT2D eigenvalue weighted by Crippen LogP contribution is 2.36. The molecule has 0 spiro atoms. The molecule has 2 aromatic rings. The Hall–Kier alpha value is -2.83. The lowest BCUT2D eigenvalue weighted by Crippen LogP contribution is -2.41. The molecular formula is C19H16F3NO3. The summed E-state index contributed by atoms with van der Waals surface area (Å²) in [6.07, 6.45) is -3.90. The largest absolute Gasteiger partial charge is 0.480 e. The Labute approximate surface area is 147 Å². The van der Waals surface area contributed by atoms with E-state index in [1.807, 2.05) is 24.3 Å². The number of fused-ring (bicyclic) bond motifs is 1. The molecule has 26 heavy (non-hydrogen) atoms. The Morgan fingerprint density at radius 2 is 1.73 bits per heavy atom. The predicted octanol–water partition coefficient (Wildman–Crippen LogP) is 3.46. The van der Waals surface area contributed by atoms with Crippen molar-refractivity contribution in [2.24, 2.45) is 0 Å². The van der Waals surface area contributed by atoms with E-state index in [9.17, 15) is 22.8 Å². The third-order valence-corrected chi connectivity index (χ3v) is 4.45. The quantitative estimate of drug-likeness (QED) is 0.885. The molecule has 1 aliphatic rings. The summed E-state index contributed by atoms with van der Waals surface area (Å²) in [5.41, 5.74) is 1.58. The smallest absolute Gasteiger partial charge is 0.416 e. The van der Waals surface area contributed by atoms with Crippen molar-refractivity contribution in [3.05, 3.63) is 70.8 Å². The Bertz CT molecular complexity index is 831. The zero-order valence-corrected chi connectivity index (χ0v) is 13.7. The molecule has 0 saturated heterocycles. The SMILES string of the molecule is O=C(O)CN(Cc1ccc(C(F)(F)F)cc1)C(=O)C1Cc2ccccc21. The Morgan fingerprint density at radius 3 is 2.31 bits per heavy atom. The zero-order valence-electron chi connectivity index (χ0n) is 13.7. The van der Waals surface area contributed by atoms with Gasteiger partial charge in [0.1, 0.15) is 6.54 Å². The fourth-order valence-electron chi connectivity index (χ4n) is 3.09. The van der Waals surface area contributed by atoms with E-state index in [1.165, 1.54) is 17.0 Å². The lowest BCUT2D eigenvalue weighted by atomic mass is 9.77. The summed E-state index contributed by atoms with van der Waals surface area (Å²) in [6.45, 7) is -0.555. The van der Waals surface area contributed by atoms with Crippen LogP contribution in [0.2, 0.25) is 0 Å².